The third-order valence-electron chi connectivity index (χ3n) is 4.83. The SMILES string of the molecule is CCN(CC)CCCOC(=O)C1c2ccccc2-c2ccccc21.Cl. The Kier molecular flexibility index (Phi) is 7.03. The van der Waals surface area contributed by atoms with Crippen molar-refractivity contribution >= 4 is 18.4 Å². The molecule has 4 heteroatoms. The molecule has 0 atom stereocenters. The molecule has 0 heterocycles. The summed E-state index contributed by atoms with van der Waals surface area (Å²) >= 11 is 0. The number of benzene rings is 2. The predicted octanol–water partition coefficient (Wildman–Crippen LogP) is 4.50. The molecule has 134 valence electrons. The van der Waals surface area contributed by atoms with Gasteiger partial charge in [0.1, 0.15) is 5.92 Å². The van der Waals surface area contributed by atoms with Gasteiger partial charge in [0.25, 0.3) is 0 Å². The van der Waals surface area contributed by atoms with Crippen LogP contribution in [0.3, 0.4) is 0 Å². The Morgan fingerprint density at radius 2 is 1.48 bits per heavy atom. The smallest absolute Gasteiger partial charge is 0.317 e. The lowest BCUT2D eigenvalue weighted by Crippen LogP contribution is -2.25. The minimum atomic E-state index is -0.286. The van der Waals surface area contributed by atoms with E-state index in [0.717, 1.165) is 48.3 Å². The van der Waals surface area contributed by atoms with Crippen LogP contribution >= 0.6 is 12.4 Å². The van der Waals surface area contributed by atoms with E-state index in [1.54, 1.807) is 0 Å². The standard InChI is InChI=1S/C21H25NO2.ClH/c1-3-22(4-2)14-9-15-24-21(23)20-18-12-7-5-10-16(18)17-11-6-8-13-19(17)20;/h5-8,10-13,20H,3-4,9,14-15H2,1-2H3;1H. The number of esters is 1. The monoisotopic (exact) mass is 359 g/mol. The van der Waals surface area contributed by atoms with Gasteiger partial charge in [0.05, 0.1) is 6.61 Å². The molecule has 0 aromatic heterocycles. The molecule has 3 nitrogen and oxygen atoms in total. The number of fused-ring (bicyclic) bond motifs is 3. The first-order chi connectivity index (χ1) is 11.8. The van der Waals surface area contributed by atoms with Crippen molar-refractivity contribution in [1.82, 2.24) is 4.90 Å². The second-order valence-corrected chi connectivity index (χ2v) is 6.16. The average molecular weight is 360 g/mol. The van der Waals surface area contributed by atoms with Crippen LogP contribution in [0.2, 0.25) is 0 Å². The van der Waals surface area contributed by atoms with Crippen molar-refractivity contribution < 1.29 is 9.53 Å². The van der Waals surface area contributed by atoms with E-state index in [1.165, 1.54) is 0 Å². The first kappa shape index (κ1) is 19.5. The largest absolute Gasteiger partial charge is 0.465 e. The quantitative estimate of drug-likeness (QED) is 0.538. The Morgan fingerprint density at radius 1 is 0.960 bits per heavy atom. The van der Waals surface area contributed by atoms with Gasteiger partial charge >= 0.3 is 5.97 Å². The summed E-state index contributed by atoms with van der Waals surface area (Å²) in [5.74, 6) is -0.419. The number of hydrogen-bond acceptors (Lipinski definition) is 3. The van der Waals surface area contributed by atoms with Gasteiger partial charge in [-0.3, -0.25) is 4.79 Å². The summed E-state index contributed by atoms with van der Waals surface area (Å²) in [6, 6.07) is 16.3. The van der Waals surface area contributed by atoms with Crippen molar-refractivity contribution in [3.63, 3.8) is 0 Å². The maximum absolute atomic E-state index is 12.7. The molecule has 3 rings (SSSR count). The molecule has 0 radical (unpaired) electrons. The Bertz CT molecular complexity index is 667. The number of ether oxygens (including phenoxy) is 1. The maximum Gasteiger partial charge on any atom is 0.317 e. The van der Waals surface area contributed by atoms with Crippen LogP contribution in [0.1, 0.15) is 37.3 Å². The molecule has 2 aromatic rings. The second kappa shape index (κ2) is 9.02. The van der Waals surface area contributed by atoms with Crippen LogP contribution in [-0.4, -0.2) is 37.1 Å². The number of carbonyl (C=O) groups is 1. The molecule has 0 spiro atoms. The molecule has 0 aliphatic heterocycles. The predicted molar refractivity (Wildman–Crippen MR) is 104 cm³/mol. The normalized spacial score (nSPS) is 12.4. The van der Waals surface area contributed by atoms with Crippen molar-refractivity contribution in [3.05, 3.63) is 59.7 Å². The highest BCUT2D eigenvalue weighted by atomic mass is 35.5. The molecular weight excluding hydrogens is 334 g/mol. The van der Waals surface area contributed by atoms with E-state index in [1.807, 2.05) is 36.4 Å². The Labute approximate surface area is 156 Å². The highest BCUT2D eigenvalue weighted by Gasteiger charge is 2.34. The van der Waals surface area contributed by atoms with E-state index in [9.17, 15) is 4.79 Å². The van der Waals surface area contributed by atoms with E-state index in [2.05, 4.69) is 30.9 Å². The molecule has 0 saturated carbocycles. The van der Waals surface area contributed by atoms with E-state index >= 15 is 0 Å². The fourth-order valence-electron chi connectivity index (χ4n) is 3.49. The minimum absolute atomic E-state index is 0. The van der Waals surface area contributed by atoms with Gasteiger partial charge in [0.2, 0.25) is 0 Å². The van der Waals surface area contributed by atoms with Gasteiger partial charge in [-0.05, 0) is 41.8 Å². The number of hydrogen-bond donors (Lipinski definition) is 0. The Hall–Kier alpha value is -1.84. The highest BCUT2D eigenvalue weighted by Crippen LogP contribution is 2.44. The molecule has 0 fully saturated rings. The lowest BCUT2D eigenvalue weighted by atomic mass is 9.97. The van der Waals surface area contributed by atoms with Crippen LogP contribution in [0.5, 0.6) is 0 Å². The van der Waals surface area contributed by atoms with Gasteiger partial charge in [-0.25, -0.2) is 0 Å². The van der Waals surface area contributed by atoms with Crippen molar-refractivity contribution in [3.8, 4) is 11.1 Å². The Balaban J connectivity index is 0.00000225. The van der Waals surface area contributed by atoms with Gasteiger partial charge < -0.3 is 9.64 Å². The minimum Gasteiger partial charge on any atom is -0.465 e. The van der Waals surface area contributed by atoms with Crippen molar-refractivity contribution in [2.45, 2.75) is 26.2 Å². The number of carbonyl (C=O) groups excluding carboxylic acids is 1. The van der Waals surface area contributed by atoms with E-state index in [-0.39, 0.29) is 24.3 Å². The van der Waals surface area contributed by atoms with Crippen molar-refractivity contribution in [1.29, 1.82) is 0 Å². The molecule has 0 bridgehead atoms. The summed E-state index contributed by atoms with van der Waals surface area (Å²) in [5.41, 5.74) is 4.43. The fourth-order valence-corrected chi connectivity index (χ4v) is 3.49. The summed E-state index contributed by atoms with van der Waals surface area (Å²) < 4.78 is 5.61. The first-order valence-electron chi connectivity index (χ1n) is 8.83. The number of rotatable bonds is 7. The molecule has 2 aromatic carbocycles. The number of halogens is 1. The van der Waals surface area contributed by atoms with Crippen LogP contribution in [0, 0.1) is 0 Å². The zero-order valence-electron chi connectivity index (χ0n) is 14.9. The molecule has 0 amide bonds. The summed E-state index contributed by atoms with van der Waals surface area (Å²) in [4.78, 5) is 15.1. The summed E-state index contributed by atoms with van der Waals surface area (Å²) in [7, 11) is 0. The summed E-state index contributed by atoms with van der Waals surface area (Å²) in [6.45, 7) is 7.83. The van der Waals surface area contributed by atoms with Gasteiger partial charge in [-0.1, -0.05) is 62.4 Å². The van der Waals surface area contributed by atoms with Gasteiger partial charge in [0.15, 0.2) is 0 Å². The lowest BCUT2D eigenvalue weighted by Gasteiger charge is -2.18. The van der Waals surface area contributed by atoms with Gasteiger partial charge in [-0.15, -0.1) is 12.4 Å². The molecule has 25 heavy (non-hydrogen) atoms. The van der Waals surface area contributed by atoms with Crippen LogP contribution in [0.4, 0.5) is 0 Å². The molecular formula is C21H26ClNO2. The van der Waals surface area contributed by atoms with Crippen molar-refractivity contribution in [2.24, 2.45) is 0 Å². The van der Waals surface area contributed by atoms with Crippen LogP contribution in [0.15, 0.2) is 48.5 Å². The number of nitrogens with zero attached hydrogens (tertiary/aromatic N) is 1. The third kappa shape index (κ3) is 4.05. The topological polar surface area (TPSA) is 29.5 Å². The Morgan fingerprint density at radius 3 is 2.00 bits per heavy atom. The first-order valence-corrected chi connectivity index (χ1v) is 8.83. The van der Waals surface area contributed by atoms with Crippen LogP contribution in [-0.2, 0) is 9.53 Å². The third-order valence-corrected chi connectivity index (χ3v) is 4.83. The second-order valence-electron chi connectivity index (χ2n) is 6.16. The lowest BCUT2D eigenvalue weighted by molar-refractivity contribution is -0.144. The molecule has 1 aliphatic carbocycles. The summed E-state index contributed by atoms with van der Waals surface area (Å²) in [5, 5.41) is 0. The van der Waals surface area contributed by atoms with Gasteiger partial charge in [-0.2, -0.15) is 0 Å². The zero-order chi connectivity index (χ0) is 16.9. The van der Waals surface area contributed by atoms with E-state index < -0.39 is 0 Å². The van der Waals surface area contributed by atoms with Crippen LogP contribution < -0.4 is 0 Å². The zero-order valence-corrected chi connectivity index (χ0v) is 15.7. The van der Waals surface area contributed by atoms with E-state index in [4.69, 9.17) is 4.74 Å². The molecule has 0 unspecified atom stereocenters. The molecule has 0 saturated heterocycles. The molecule has 0 N–H and O–H groups in total. The fraction of sp³-hybridized carbons (Fsp3) is 0.381. The highest BCUT2D eigenvalue weighted by molar-refractivity contribution is 5.93. The summed E-state index contributed by atoms with van der Waals surface area (Å²) in [6.07, 6.45) is 0.878. The maximum atomic E-state index is 12.7. The van der Waals surface area contributed by atoms with Crippen LogP contribution in [0.25, 0.3) is 11.1 Å². The molecule has 1 aliphatic rings. The van der Waals surface area contributed by atoms with Crippen molar-refractivity contribution in [2.75, 3.05) is 26.2 Å². The average Bonchev–Trinajstić information content (AvgIpc) is 2.96. The van der Waals surface area contributed by atoms with Gasteiger partial charge in [0, 0.05) is 6.54 Å². The van der Waals surface area contributed by atoms with E-state index in [0.29, 0.717) is 6.61 Å².